The van der Waals surface area contributed by atoms with Gasteiger partial charge in [-0.2, -0.15) is 0 Å². The van der Waals surface area contributed by atoms with Crippen LogP contribution in [0.1, 0.15) is 32.3 Å². The van der Waals surface area contributed by atoms with Crippen LogP contribution in [0.5, 0.6) is 23.3 Å². The zero-order valence-corrected chi connectivity index (χ0v) is 18.3. The molecule has 0 aliphatic carbocycles. The van der Waals surface area contributed by atoms with Crippen molar-refractivity contribution in [1.82, 2.24) is 14.9 Å². The standard InChI is InChI=1S/C22H21F4N3O5/c1-4-16-19(32-14-7-9-29(10-8-14)21(30)31-13(2)3)27-12-28-20(16)33-18-6-5-15(11-17(18)23)34-22(24,25)26/h1,5-6,11-14H,7-10H2,2-3H3. The number of benzene rings is 1. The maximum atomic E-state index is 14.3. The zero-order chi connectivity index (χ0) is 24.9. The number of hydrogen-bond acceptors (Lipinski definition) is 7. The van der Waals surface area contributed by atoms with Gasteiger partial charge in [-0.15, -0.1) is 19.6 Å². The number of terminal acetylenes is 1. The Morgan fingerprint density at radius 2 is 1.88 bits per heavy atom. The Morgan fingerprint density at radius 3 is 2.47 bits per heavy atom. The molecule has 0 bridgehead atoms. The summed E-state index contributed by atoms with van der Waals surface area (Å²) in [6.45, 7) is 4.35. The first-order valence-corrected chi connectivity index (χ1v) is 10.2. The van der Waals surface area contributed by atoms with Crippen LogP contribution >= 0.6 is 0 Å². The Bertz CT molecular complexity index is 1060. The van der Waals surface area contributed by atoms with Crippen molar-refractivity contribution in [1.29, 1.82) is 0 Å². The summed E-state index contributed by atoms with van der Waals surface area (Å²) in [5.41, 5.74) is -0.000773. The zero-order valence-electron chi connectivity index (χ0n) is 18.3. The second-order valence-corrected chi connectivity index (χ2v) is 7.48. The molecule has 2 heterocycles. The molecule has 3 rings (SSSR count). The Morgan fingerprint density at radius 1 is 1.21 bits per heavy atom. The molecule has 1 aromatic carbocycles. The Hall–Kier alpha value is -3.75. The van der Waals surface area contributed by atoms with Crippen molar-refractivity contribution < 1.29 is 41.3 Å². The smallest absolute Gasteiger partial charge is 0.473 e. The number of hydrogen-bond donors (Lipinski definition) is 0. The summed E-state index contributed by atoms with van der Waals surface area (Å²) in [5, 5.41) is 0. The molecule has 1 aromatic heterocycles. The highest BCUT2D eigenvalue weighted by atomic mass is 19.4. The summed E-state index contributed by atoms with van der Waals surface area (Å²) in [5.74, 6) is -0.152. The van der Waals surface area contributed by atoms with Crippen LogP contribution in [0.25, 0.3) is 0 Å². The predicted molar refractivity (Wildman–Crippen MR) is 110 cm³/mol. The lowest BCUT2D eigenvalue weighted by molar-refractivity contribution is -0.274. The summed E-state index contributed by atoms with van der Waals surface area (Å²) in [4.78, 5) is 21.5. The number of aromatic nitrogens is 2. The maximum Gasteiger partial charge on any atom is 0.573 e. The first-order chi connectivity index (χ1) is 16.1. The van der Waals surface area contributed by atoms with Crippen LogP contribution in [0.15, 0.2) is 24.5 Å². The average Bonchev–Trinajstić information content (AvgIpc) is 2.75. The maximum absolute atomic E-state index is 14.3. The van der Waals surface area contributed by atoms with Crippen molar-refractivity contribution in [2.75, 3.05) is 13.1 Å². The number of likely N-dealkylation sites (tertiary alicyclic amines) is 1. The van der Waals surface area contributed by atoms with E-state index in [-0.39, 0.29) is 29.5 Å². The molecule has 0 saturated carbocycles. The van der Waals surface area contributed by atoms with Gasteiger partial charge in [-0.05, 0) is 26.0 Å². The fourth-order valence-corrected chi connectivity index (χ4v) is 3.10. The van der Waals surface area contributed by atoms with Gasteiger partial charge in [-0.25, -0.2) is 19.2 Å². The molecule has 0 atom stereocenters. The number of nitrogens with zero attached hydrogens (tertiary/aromatic N) is 3. The van der Waals surface area contributed by atoms with Gasteiger partial charge in [0.15, 0.2) is 11.6 Å². The quantitative estimate of drug-likeness (QED) is 0.436. The molecule has 12 heteroatoms. The summed E-state index contributed by atoms with van der Waals surface area (Å²) in [7, 11) is 0. The largest absolute Gasteiger partial charge is 0.573 e. The number of carbonyl (C=O) groups excluding carboxylic acids is 1. The SMILES string of the molecule is C#Cc1c(Oc2ccc(OC(F)(F)F)cc2F)ncnc1OC1CCN(C(=O)OC(C)C)CC1. The highest BCUT2D eigenvalue weighted by Crippen LogP contribution is 2.33. The lowest BCUT2D eigenvalue weighted by Crippen LogP contribution is -2.42. The van der Waals surface area contributed by atoms with Crippen LogP contribution in [0.4, 0.5) is 22.4 Å². The van der Waals surface area contributed by atoms with Crippen LogP contribution in [0.3, 0.4) is 0 Å². The minimum Gasteiger partial charge on any atom is -0.473 e. The Kier molecular flexibility index (Phi) is 7.65. The second kappa shape index (κ2) is 10.5. The molecule has 182 valence electrons. The minimum atomic E-state index is -4.96. The number of ether oxygens (including phenoxy) is 4. The molecule has 8 nitrogen and oxygen atoms in total. The van der Waals surface area contributed by atoms with Crippen LogP contribution in [0, 0.1) is 18.2 Å². The van der Waals surface area contributed by atoms with E-state index in [0.717, 1.165) is 18.5 Å². The van der Waals surface area contributed by atoms with Crippen LogP contribution in [-0.2, 0) is 4.74 Å². The number of carbonyl (C=O) groups is 1. The number of piperidine rings is 1. The molecule has 0 radical (unpaired) electrons. The predicted octanol–water partition coefficient (Wildman–Crippen LogP) is 4.68. The minimum absolute atomic E-state index is 0.000773. The number of halogens is 4. The average molecular weight is 483 g/mol. The van der Waals surface area contributed by atoms with Crippen LogP contribution < -0.4 is 14.2 Å². The molecule has 0 N–H and O–H groups in total. The number of alkyl halides is 3. The molecule has 2 aromatic rings. The summed E-state index contributed by atoms with van der Waals surface area (Å²) >= 11 is 0. The lowest BCUT2D eigenvalue weighted by atomic mass is 10.1. The van der Waals surface area contributed by atoms with E-state index in [0.29, 0.717) is 32.0 Å². The molecule has 0 unspecified atom stereocenters. The summed E-state index contributed by atoms with van der Waals surface area (Å²) in [6, 6.07) is 2.36. The third-order valence-electron chi connectivity index (χ3n) is 4.58. The fraction of sp³-hybridized carbons (Fsp3) is 0.409. The third kappa shape index (κ3) is 6.63. The van der Waals surface area contributed by atoms with Gasteiger partial charge in [-0.3, -0.25) is 0 Å². The van der Waals surface area contributed by atoms with E-state index in [1.807, 2.05) is 0 Å². The Labute approximate surface area is 192 Å². The van der Waals surface area contributed by atoms with E-state index in [1.165, 1.54) is 0 Å². The van der Waals surface area contributed by atoms with Crippen LogP contribution in [0.2, 0.25) is 0 Å². The van der Waals surface area contributed by atoms with Crippen molar-refractivity contribution in [3.63, 3.8) is 0 Å². The van der Waals surface area contributed by atoms with E-state index in [9.17, 15) is 22.4 Å². The van der Waals surface area contributed by atoms with Gasteiger partial charge >= 0.3 is 12.5 Å². The van der Waals surface area contributed by atoms with Crippen LogP contribution in [-0.4, -0.2) is 52.6 Å². The molecule has 1 saturated heterocycles. The van der Waals surface area contributed by atoms with E-state index < -0.39 is 29.8 Å². The van der Waals surface area contributed by atoms with E-state index in [1.54, 1.807) is 18.7 Å². The van der Waals surface area contributed by atoms with Gasteiger partial charge < -0.3 is 23.8 Å². The van der Waals surface area contributed by atoms with Crippen molar-refractivity contribution in [2.45, 2.75) is 45.3 Å². The van der Waals surface area contributed by atoms with Gasteiger partial charge in [0.2, 0.25) is 11.8 Å². The first-order valence-electron chi connectivity index (χ1n) is 10.2. The monoisotopic (exact) mass is 483 g/mol. The summed E-state index contributed by atoms with van der Waals surface area (Å²) in [6.07, 6.45) is 1.74. The number of amides is 1. The molecule has 1 aliphatic rings. The van der Waals surface area contributed by atoms with E-state index in [4.69, 9.17) is 20.6 Å². The fourth-order valence-electron chi connectivity index (χ4n) is 3.10. The highest BCUT2D eigenvalue weighted by molar-refractivity contribution is 5.67. The van der Waals surface area contributed by atoms with Gasteiger partial charge in [0, 0.05) is 32.0 Å². The second-order valence-electron chi connectivity index (χ2n) is 7.48. The summed E-state index contributed by atoms with van der Waals surface area (Å²) < 4.78 is 71.3. The lowest BCUT2D eigenvalue weighted by Gasteiger charge is -2.31. The van der Waals surface area contributed by atoms with Gasteiger partial charge in [0.25, 0.3) is 0 Å². The van der Waals surface area contributed by atoms with Crippen molar-refractivity contribution >= 4 is 6.09 Å². The Balaban J connectivity index is 1.68. The van der Waals surface area contributed by atoms with Crippen molar-refractivity contribution in [3.05, 3.63) is 35.9 Å². The molecular formula is C22H21F4N3O5. The normalized spacial score (nSPS) is 14.5. The van der Waals surface area contributed by atoms with E-state index >= 15 is 0 Å². The molecular weight excluding hydrogens is 462 g/mol. The van der Waals surface area contributed by atoms with Gasteiger partial charge in [0.05, 0.1) is 6.10 Å². The first kappa shape index (κ1) is 24.9. The van der Waals surface area contributed by atoms with Gasteiger partial charge in [-0.1, -0.05) is 5.92 Å². The molecule has 1 aliphatic heterocycles. The molecule has 1 fully saturated rings. The van der Waals surface area contributed by atoms with Gasteiger partial charge in [0.1, 0.15) is 23.7 Å². The topological polar surface area (TPSA) is 83.0 Å². The van der Waals surface area contributed by atoms with Crippen molar-refractivity contribution in [3.8, 4) is 35.6 Å². The molecule has 0 spiro atoms. The number of rotatable bonds is 6. The third-order valence-corrected chi connectivity index (χ3v) is 4.58. The van der Waals surface area contributed by atoms with E-state index in [2.05, 4.69) is 20.6 Å². The molecule has 1 amide bonds. The van der Waals surface area contributed by atoms with Crippen molar-refractivity contribution in [2.24, 2.45) is 0 Å². The highest BCUT2D eigenvalue weighted by Gasteiger charge is 2.31. The molecule has 34 heavy (non-hydrogen) atoms.